The summed E-state index contributed by atoms with van der Waals surface area (Å²) in [6.07, 6.45) is 6.17. The van der Waals surface area contributed by atoms with Crippen molar-refractivity contribution < 1.29 is 0 Å². The molecule has 1 aliphatic heterocycles. The number of nitrogens with zero attached hydrogens (tertiary/aromatic N) is 7. The largest absolute Gasteiger partial charge is 0.352 e. The smallest absolute Gasteiger partial charge is 0.178 e. The summed E-state index contributed by atoms with van der Waals surface area (Å²) in [4.78, 5) is 8.90. The van der Waals surface area contributed by atoms with E-state index in [-0.39, 0.29) is 0 Å². The lowest BCUT2D eigenvalue weighted by Crippen LogP contribution is -2.58. The van der Waals surface area contributed by atoms with E-state index in [4.69, 9.17) is 5.10 Å². The molecule has 7 heteroatoms. The monoisotopic (exact) mass is 335 g/mol. The van der Waals surface area contributed by atoms with Crippen molar-refractivity contribution in [3.63, 3.8) is 0 Å². The highest BCUT2D eigenvalue weighted by Crippen LogP contribution is 2.38. The summed E-state index contributed by atoms with van der Waals surface area (Å²) < 4.78 is 1.93. The molecule has 0 spiro atoms. The molecule has 7 nitrogen and oxygen atoms in total. The molecule has 1 saturated heterocycles. The predicted molar refractivity (Wildman–Crippen MR) is 94.5 cm³/mol. The zero-order valence-corrected chi connectivity index (χ0v) is 14.3. The van der Waals surface area contributed by atoms with E-state index in [0.717, 1.165) is 36.9 Å². The van der Waals surface area contributed by atoms with Gasteiger partial charge in [0.05, 0.1) is 0 Å². The van der Waals surface area contributed by atoms with Gasteiger partial charge in [-0.3, -0.25) is 9.88 Å². The maximum absolute atomic E-state index is 4.79. The molecule has 2 aliphatic rings. The Labute approximate surface area is 146 Å². The van der Waals surface area contributed by atoms with E-state index in [2.05, 4.69) is 44.2 Å². The molecule has 0 amide bonds. The molecular weight excluding hydrogens is 314 g/mol. The van der Waals surface area contributed by atoms with Crippen molar-refractivity contribution in [1.82, 2.24) is 29.7 Å². The highest BCUT2D eigenvalue weighted by Gasteiger charge is 2.32. The Balaban J connectivity index is 1.27. The Morgan fingerprint density at radius 1 is 1.16 bits per heavy atom. The van der Waals surface area contributed by atoms with Gasteiger partial charge in [0, 0.05) is 44.0 Å². The van der Waals surface area contributed by atoms with Crippen LogP contribution in [0.25, 0.3) is 5.65 Å². The normalized spacial score (nSPS) is 18.1. The van der Waals surface area contributed by atoms with Crippen LogP contribution in [0.3, 0.4) is 0 Å². The number of aromatic nitrogens is 5. The second kappa shape index (κ2) is 5.77. The van der Waals surface area contributed by atoms with Gasteiger partial charge >= 0.3 is 0 Å². The molecule has 0 radical (unpaired) electrons. The first kappa shape index (κ1) is 14.8. The van der Waals surface area contributed by atoms with E-state index >= 15 is 0 Å². The van der Waals surface area contributed by atoms with Gasteiger partial charge < -0.3 is 4.90 Å². The third-order valence-electron chi connectivity index (χ3n) is 5.18. The van der Waals surface area contributed by atoms with Gasteiger partial charge in [0.1, 0.15) is 5.82 Å². The fourth-order valence-electron chi connectivity index (χ4n) is 3.39. The van der Waals surface area contributed by atoms with E-state index in [1.54, 1.807) is 0 Å². The van der Waals surface area contributed by atoms with Crippen molar-refractivity contribution in [2.24, 2.45) is 0 Å². The standard InChI is InChI=1S/C18H21N7/c1-23(10-13-3-2-8-19-9-13)15-11-24(12-15)17-7-6-16-20-21-18(14-4-5-14)25(16)22-17/h2-3,6-9,14-15H,4-5,10-12H2,1H3. The molecule has 3 aromatic heterocycles. The van der Waals surface area contributed by atoms with Gasteiger partial charge in [-0.2, -0.15) is 4.52 Å². The molecule has 1 aliphatic carbocycles. The predicted octanol–water partition coefficient (Wildman–Crippen LogP) is 1.72. The van der Waals surface area contributed by atoms with Crippen molar-refractivity contribution in [1.29, 1.82) is 0 Å². The van der Waals surface area contributed by atoms with E-state index in [9.17, 15) is 0 Å². The molecule has 1 saturated carbocycles. The van der Waals surface area contributed by atoms with Crippen molar-refractivity contribution in [2.45, 2.75) is 31.3 Å². The van der Waals surface area contributed by atoms with Gasteiger partial charge in [-0.15, -0.1) is 15.3 Å². The van der Waals surface area contributed by atoms with E-state index in [1.165, 1.54) is 18.4 Å². The minimum absolute atomic E-state index is 0.543. The Hall–Kier alpha value is -2.54. The number of fused-ring (bicyclic) bond motifs is 1. The van der Waals surface area contributed by atoms with Crippen LogP contribution in [0.15, 0.2) is 36.7 Å². The van der Waals surface area contributed by atoms with Crippen molar-refractivity contribution in [3.8, 4) is 0 Å². The lowest BCUT2D eigenvalue weighted by molar-refractivity contribution is 0.196. The number of hydrogen-bond donors (Lipinski definition) is 0. The minimum Gasteiger partial charge on any atom is -0.352 e. The first-order valence-electron chi connectivity index (χ1n) is 8.84. The molecule has 3 aromatic rings. The Morgan fingerprint density at radius 2 is 2.04 bits per heavy atom. The van der Waals surface area contributed by atoms with Crippen molar-refractivity contribution in [2.75, 3.05) is 25.0 Å². The molecule has 0 N–H and O–H groups in total. The highest BCUT2D eigenvalue weighted by atomic mass is 15.4. The number of rotatable bonds is 5. The van der Waals surface area contributed by atoms with Gasteiger partial charge in [-0.05, 0) is 43.7 Å². The molecule has 0 bridgehead atoms. The van der Waals surface area contributed by atoms with Crippen molar-refractivity contribution >= 4 is 11.5 Å². The molecule has 4 heterocycles. The zero-order chi connectivity index (χ0) is 16.8. The quantitative estimate of drug-likeness (QED) is 0.707. The van der Waals surface area contributed by atoms with Crippen LogP contribution in [0.4, 0.5) is 5.82 Å². The Kier molecular flexibility index (Phi) is 3.41. The summed E-state index contributed by atoms with van der Waals surface area (Å²) in [6, 6.07) is 8.74. The third-order valence-corrected chi connectivity index (χ3v) is 5.18. The Morgan fingerprint density at radius 3 is 2.80 bits per heavy atom. The summed E-state index contributed by atoms with van der Waals surface area (Å²) in [7, 11) is 2.18. The molecule has 0 aromatic carbocycles. The fraction of sp³-hybridized carbons (Fsp3) is 0.444. The molecular formula is C18H21N7. The molecule has 2 fully saturated rings. The highest BCUT2D eigenvalue weighted by molar-refractivity contribution is 5.48. The molecule has 128 valence electrons. The number of anilines is 1. The van der Waals surface area contributed by atoms with Gasteiger partial charge in [-0.25, -0.2) is 0 Å². The zero-order valence-electron chi connectivity index (χ0n) is 14.3. The van der Waals surface area contributed by atoms with E-state index in [1.807, 2.05) is 29.0 Å². The average molecular weight is 335 g/mol. The summed E-state index contributed by atoms with van der Waals surface area (Å²) >= 11 is 0. The Bertz CT molecular complexity index is 881. The van der Waals surface area contributed by atoms with Crippen molar-refractivity contribution in [3.05, 3.63) is 48.0 Å². The van der Waals surface area contributed by atoms with Gasteiger partial charge in [-0.1, -0.05) is 6.07 Å². The molecule has 0 unspecified atom stereocenters. The van der Waals surface area contributed by atoms with Crippen LogP contribution in [0.2, 0.25) is 0 Å². The van der Waals surface area contributed by atoms with Crippen LogP contribution < -0.4 is 4.90 Å². The summed E-state index contributed by atoms with van der Waals surface area (Å²) in [5.74, 6) is 2.58. The second-order valence-electron chi connectivity index (χ2n) is 7.13. The summed E-state index contributed by atoms with van der Waals surface area (Å²) in [5.41, 5.74) is 2.10. The average Bonchev–Trinajstić information content (AvgIpc) is 3.34. The second-order valence-corrected chi connectivity index (χ2v) is 7.13. The third kappa shape index (κ3) is 2.74. The first-order valence-corrected chi connectivity index (χ1v) is 8.84. The maximum Gasteiger partial charge on any atom is 0.178 e. The number of hydrogen-bond acceptors (Lipinski definition) is 6. The maximum atomic E-state index is 4.79. The van der Waals surface area contributed by atoms with Crippen LogP contribution in [-0.4, -0.2) is 55.9 Å². The first-order chi connectivity index (χ1) is 12.3. The summed E-state index contributed by atoms with van der Waals surface area (Å²) in [5, 5.41) is 13.3. The number of pyridine rings is 1. The molecule has 5 rings (SSSR count). The van der Waals surface area contributed by atoms with E-state index < -0.39 is 0 Å². The van der Waals surface area contributed by atoms with Gasteiger partial charge in [0.2, 0.25) is 0 Å². The van der Waals surface area contributed by atoms with Gasteiger partial charge in [0.25, 0.3) is 0 Å². The fourth-order valence-corrected chi connectivity index (χ4v) is 3.39. The van der Waals surface area contributed by atoms with Crippen LogP contribution in [0.5, 0.6) is 0 Å². The topological polar surface area (TPSA) is 62.5 Å². The molecule has 0 atom stereocenters. The minimum atomic E-state index is 0.543. The molecule has 25 heavy (non-hydrogen) atoms. The van der Waals surface area contributed by atoms with Crippen LogP contribution in [0, 0.1) is 0 Å². The van der Waals surface area contributed by atoms with Crippen LogP contribution >= 0.6 is 0 Å². The van der Waals surface area contributed by atoms with Gasteiger partial charge in [0.15, 0.2) is 11.5 Å². The lowest BCUT2D eigenvalue weighted by atomic mass is 10.1. The summed E-state index contributed by atoms with van der Waals surface area (Å²) in [6.45, 7) is 2.92. The lowest BCUT2D eigenvalue weighted by Gasteiger charge is -2.44. The van der Waals surface area contributed by atoms with E-state index in [0.29, 0.717) is 12.0 Å². The van der Waals surface area contributed by atoms with Crippen LogP contribution in [0.1, 0.15) is 30.1 Å². The van der Waals surface area contributed by atoms with Crippen LogP contribution in [-0.2, 0) is 6.54 Å². The SMILES string of the molecule is CN(Cc1cccnc1)C1CN(c2ccc3nnc(C4CC4)n3n2)C1. The number of likely N-dealkylation sites (N-methyl/N-ethyl adjacent to an activating group) is 1.